The SMILES string of the molecule is CCOC(=O)C=Cc1cnc([S+](C)[O-])nc1NC1CCCC1. The summed E-state index contributed by atoms with van der Waals surface area (Å²) in [5.74, 6) is 0.213. The third kappa shape index (κ3) is 4.71. The van der Waals surface area contributed by atoms with E-state index in [0.717, 1.165) is 12.8 Å². The Labute approximate surface area is 133 Å². The average Bonchev–Trinajstić information content (AvgIpc) is 2.99. The molecule has 1 aromatic heterocycles. The van der Waals surface area contributed by atoms with Crippen LogP contribution < -0.4 is 5.32 Å². The average molecular weight is 323 g/mol. The molecule has 1 atom stereocenters. The quantitative estimate of drug-likeness (QED) is 0.373. The first-order valence-corrected chi connectivity index (χ1v) is 8.97. The number of carbonyl (C=O) groups excluding carboxylic acids is 1. The molecule has 1 saturated carbocycles. The van der Waals surface area contributed by atoms with Gasteiger partial charge in [-0.15, -0.1) is 0 Å². The fourth-order valence-electron chi connectivity index (χ4n) is 2.36. The highest BCUT2D eigenvalue weighted by atomic mass is 32.2. The molecule has 1 aromatic rings. The molecule has 1 heterocycles. The maximum Gasteiger partial charge on any atom is 0.344 e. The zero-order chi connectivity index (χ0) is 15.9. The van der Waals surface area contributed by atoms with Crippen molar-refractivity contribution in [3.63, 3.8) is 0 Å². The fourth-order valence-corrected chi connectivity index (χ4v) is 2.78. The number of nitrogens with zero attached hydrogens (tertiary/aromatic N) is 2. The topological polar surface area (TPSA) is 87.2 Å². The fraction of sp³-hybridized carbons (Fsp3) is 0.533. The van der Waals surface area contributed by atoms with E-state index in [1.165, 1.54) is 18.9 Å². The molecule has 1 N–H and O–H groups in total. The minimum Gasteiger partial charge on any atom is -0.609 e. The van der Waals surface area contributed by atoms with E-state index < -0.39 is 17.1 Å². The molecule has 1 aliphatic carbocycles. The Morgan fingerprint density at radius 3 is 2.91 bits per heavy atom. The number of carbonyl (C=O) groups is 1. The summed E-state index contributed by atoms with van der Waals surface area (Å²) in [4.78, 5) is 19.8. The Bertz CT molecular complexity index is 543. The van der Waals surface area contributed by atoms with Crippen LogP contribution in [0.15, 0.2) is 17.4 Å². The zero-order valence-electron chi connectivity index (χ0n) is 12.9. The molecule has 0 bridgehead atoms. The van der Waals surface area contributed by atoms with Crippen molar-refractivity contribution in [2.45, 2.75) is 43.8 Å². The van der Waals surface area contributed by atoms with Gasteiger partial charge in [-0.3, -0.25) is 0 Å². The molecule has 0 amide bonds. The van der Waals surface area contributed by atoms with E-state index in [1.54, 1.807) is 25.5 Å². The number of esters is 1. The largest absolute Gasteiger partial charge is 0.609 e. The van der Waals surface area contributed by atoms with Crippen LogP contribution in [0.25, 0.3) is 6.08 Å². The van der Waals surface area contributed by atoms with Crippen LogP contribution in [0.1, 0.15) is 38.2 Å². The van der Waals surface area contributed by atoms with Gasteiger partial charge in [0.15, 0.2) is 0 Å². The molecule has 0 aromatic carbocycles. The van der Waals surface area contributed by atoms with Crippen LogP contribution in [0.2, 0.25) is 0 Å². The summed E-state index contributed by atoms with van der Waals surface area (Å²) in [5.41, 5.74) is 0.689. The van der Waals surface area contributed by atoms with E-state index in [4.69, 9.17) is 4.74 Å². The molecule has 7 heteroatoms. The third-order valence-corrected chi connectivity index (χ3v) is 4.14. The highest BCUT2D eigenvalue weighted by Crippen LogP contribution is 2.24. The summed E-state index contributed by atoms with van der Waals surface area (Å²) in [5, 5.41) is 3.66. The number of hydrogen-bond donors (Lipinski definition) is 1. The minimum atomic E-state index is -1.24. The molecule has 120 valence electrons. The van der Waals surface area contributed by atoms with Crippen LogP contribution >= 0.6 is 0 Å². The first-order valence-electron chi connectivity index (χ1n) is 7.42. The molecule has 0 aliphatic heterocycles. The van der Waals surface area contributed by atoms with Gasteiger partial charge in [-0.05, 0) is 25.8 Å². The number of nitrogens with one attached hydrogen (secondary N) is 1. The molecule has 2 rings (SSSR count). The van der Waals surface area contributed by atoms with Crippen molar-refractivity contribution in [1.29, 1.82) is 0 Å². The first-order chi connectivity index (χ1) is 10.6. The summed E-state index contributed by atoms with van der Waals surface area (Å²) in [6, 6.07) is 0.364. The van der Waals surface area contributed by atoms with Crippen LogP contribution in [0, 0.1) is 0 Å². The molecule has 0 spiro atoms. The molecule has 1 fully saturated rings. The maximum absolute atomic E-state index is 11.6. The lowest BCUT2D eigenvalue weighted by Crippen LogP contribution is -2.18. The monoisotopic (exact) mass is 323 g/mol. The second-order valence-electron chi connectivity index (χ2n) is 5.12. The number of aromatic nitrogens is 2. The Morgan fingerprint density at radius 1 is 1.55 bits per heavy atom. The Kier molecular flexibility index (Phi) is 6.21. The summed E-state index contributed by atoms with van der Waals surface area (Å²) in [6.07, 6.45) is 10.7. The lowest BCUT2D eigenvalue weighted by molar-refractivity contribution is -0.137. The predicted octanol–water partition coefficient (Wildman–Crippen LogP) is 2.14. The van der Waals surface area contributed by atoms with Gasteiger partial charge in [0.25, 0.3) is 0 Å². The van der Waals surface area contributed by atoms with E-state index in [2.05, 4.69) is 15.3 Å². The van der Waals surface area contributed by atoms with Gasteiger partial charge in [0, 0.05) is 35.1 Å². The summed E-state index contributed by atoms with van der Waals surface area (Å²) < 4.78 is 16.4. The maximum atomic E-state index is 11.6. The smallest absolute Gasteiger partial charge is 0.344 e. The molecule has 0 radical (unpaired) electrons. The molecule has 6 nitrogen and oxygen atoms in total. The lowest BCUT2D eigenvalue weighted by Gasteiger charge is -2.15. The Balaban J connectivity index is 2.20. The van der Waals surface area contributed by atoms with E-state index in [9.17, 15) is 9.35 Å². The highest BCUT2D eigenvalue weighted by molar-refractivity contribution is 7.90. The minimum absolute atomic E-state index is 0.286. The number of rotatable bonds is 6. The molecule has 22 heavy (non-hydrogen) atoms. The standard InChI is InChI=1S/C15H21N3O3S/c1-3-21-13(19)9-8-11-10-16-15(22(2)20)18-14(11)17-12-6-4-5-7-12/h8-10,12H,3-7H2,1-2H3,(H,16,17,18). The third-order valence-electron chi connectivity index (χ3n) is 3.43. The number of hydrogen-bond acceptors (Lipinski definition) is 6. The van der Waals surface area contributed by atoms with Gasteiger partial charge in [0.2, 0.25) is 0 Å². The van der Waals surface area contributed by atoms with Gasteiger partial charge >= 0.3 is 11.1 Å². The molecular formula is C15H21N3O3S. The van der Waals surface area contributed by atoms with E-state index >= 15 is 0 Å². The van der Waals surface area contributed by atoms with Crippen LogP contribution in [0.4, 0.5) is 5.82 Å². The van der Waals surface area contributed by atoms with Crippen LogP contribution in [0.3, 0.4) is 0 Å². The van der Waals surface area contributed by atoms with Gasteiger partial charge in [-0.1, -0.05) is 12.8 Å². The van der Waals surface area contributed by atoms with Crippen molar-refractivity contribution in [1.82, 2.24) is 9.97 Å². The van der Waals surface area contributed by atoms with Crippen molar-refractivity contribution in [3.8, 4) is 0 Å². The summed E-state index contributed by atoms with van der Waals surface area (Å²) in [6.45, 7) is 2.09. The van der Waals surface area contributed by atoms with Crippen molar-refractivity contribution < 1.29 is 14.1 Å². The Hall–Kier alpha value is -1.60. The second kappa shape index (κ2) is 8.14. The lowest BCUT2D eigenvalue weighted by atomic mass is 10.2. The van der Waals surface area contributed by atoms with Gasteiger partial charge < -0.3 is 14.6 Å². The summed E-state index contributed by atoms with van der Waals surface area (Å²) in [7, 11) is 0. The van der Waals surface area contributed by atoms with Crippen molar-refractivity contribution in [2.75, 3.05) is 18.2 Å². The predicted molar refractivity (Wildman–Crippen MR) is 85.9 cm³/mol. The van der Waals surface area contributed by atoms with Crippen LogP contribution in [-0.2, 0) is 20.7 Å². The second-order valence-corrected chi connectivity index (χ2v) is 6.40. The normalized spacial score (nSPS) is 16.9. The molecule has 1 unspecified atom stereocenters. The summed E-state index contributed by atoms with van der Waals surface area (Å²) >= 11 is -1.24. The van der Waals surface area contributed by atoms with Gasteiger partial charge in [-0.2, -0.15) is 9.97 Å². The highest BCUT2D eigenvalue weighted by Gasteiger charge is 2.18. The van der Waals surface area contributed by atoms with Crippen molar-refractivity contribution >= 4 is 29.0 Å². The van der Waals surface area contributed by atoms with E-state index in [0.29, 0.717) is 24.0 Å². The van der Waals surface area contributed by atoms with Gasteiger partial charge in [-0.25, -0.2) is 4.79 Å². The zero-order valence-corrected chi connectivity index (χ0v) is 13.7. The molecular weight excluding hydrogens is 302 g/mol. The number of anilines is 1. The van der Waals surface area contributed by atoms with Crippen molar-refractivity contribution in [3.05, 3.63) is 17.8 Å². The Morgan fingerprint density at radius 2 is 2.27 bits per heavy atom. The van der Waals surface area contributed by atoms with E-state index in [1.807, 2.05) is 0 Å². The van der Waals surface area contributed by atoms with Crippen molar-refractivity contribution in [2.24, 2.45) is 0 Å². The van der Waals surface area contributed by atoms with Crippen LogP contribution in [0.5, 0.6) is 0 Å². The molecule has 1 aliphatic rings. The molecule has 0 saturated heterocycles. The number of ether oxygens (including phenoxy) is 1. The van der Waals surface area contributed by atoms with Gasteiger partial charge in [0.05, 0.1) is 6.61 Å². The van der Waals surface area contributed by atoms with Crippen LogP contribution in [-0.4, -0.2) is 39.4 Å². The van der Waals surface area contributed by atoms with E-state index in [-0.39, 0.29) is 5.16 Å². The van der Waals surface area contributed by atoms with Gasteiger partial charge in [0.1, 0.15) is 12.1 Å². The first kappa shape index (κ1) is 16.8.